The molecule has 0 spiro atoms. The predicted octanol–water partition coefficient (Wildman–Crippen LogP) is 6.58. The number of benzene rings is 2. The van der Waals surface area contributed by atoms with Crippen molar-refractivity contribution in [3.8, 4) is 29.9 Å². The van der Waals surface area contributed by atoms with Crippen molar-refractivity contribution < 1.29 is 51.0 Å². The lowest BCUT2D eigenvalue weighted by molar-refractivity contribution is -0.149. The zero-order valence-electron chi connectivity index (χ0n) is 36.0. The van der Waals surface area contributed by atoms with E-state index in [0.29, 0.717) is 24.9 Å². The summed E-state index contributed by atoms with van der Waals surface area (Å²) in [7, 11) is -2.55. The van der Waals surface area contributed by atoms with Crippen molar-refractivity contribution in [2.45, 2.75) is 110 Å². The van der Waals surface area contributed by atoms with Crippen LogP contribution in [0.25, 0.3) is 10.8 Å². The van der Waals surface area contributed by atoms with Crippen molar-refractivity contribution in [1.29, 1.82) is 0 Å². The molecule has 16 nitrogen and oxygen atoms in total. The SMILES string of the molecule is C#Cc1c(F)ccc2cc(OP(=O)(N[C@@H](C)C(=O)OC(C)C)OC(C)C)cc(N3Cc4nc(OC[C@]5(C)C[C@@H](F)CN5C)nc(N5CCCCC(NC(=O)C=C)C5)c4OC3=O)c12. The lowest BCUT2D eigenvalue weighted by Gasteiger charge is -2.34. The second-order valence-electron chi connectivity index (χ2n) is 16.6. The molecule has 334 valence electrons. The Kier molecular flexibility index (Phi) is 14.1. The lowest BCUT2D eigenvalue weighted by atomic mass is 10.0. The van der Waals surface area contributed by atoms with Crippen LogP contribution in [0.15, 0.2) is 36.9 Å². The van der Waals surface area contributed by atoms with Crippen LogP contribution in [-0.4, -0.2) is 102 Å². The number of halogens is 2. The smallest absolute Gasteiger partial charge is 0.459 e. The van der Waals surface area contributed by atoms with Gasteiger partial charge >= 0.3 is 25.8 Å². The number of likely N-dealkylation sites (N-methyl/N-ethyl adjacent to an activating group) is 1. The summed E-state index contributed by atoms with van der Waals surface area (Å²) in [5, 5.41) is 6.04. The highest BCUT2D eigenvalue weighted by molar-refractivity contribution is 7.52. The molecule has 5 atom stereocenters. The highest BCUT2D eigenvalue weighted by Gasteiger charge is 2.42. The first kappa shape index (κ1) is 46.2. The third-order valence-corrected chi connectivity index (χ3v) is 12.6. The Bertz CT molecular complexity index is 2310. The van der Waals surface area contributed by atoms with Crippen molar-refractivity contribution in [3.05, 3.63) is 54.0 Å². The summed E-state index contributed by atoms with van der Waals surface area (Å²) in [4.78, 5) is 53.8. The normalized spacial score (nSPS) is 22.0. The molecule has 3 aliphatic heterocycles. The molecule has 2 fully saturated rings. The molecule has 3 aromatic rings. The topological polar surface area (TPSA) is 174 Å². The zero-order chi connectivity index (χ0) is 45.1. The summed E-state index contributed by atoms with van der Waals surface area (Å²) in [6.45, 7) is 14.3. The molecule has 19 heteroatoms. The first-order valence-corrected chi connectivity index (χ1v) is 22.1. The Morgan fingerprint density at radius 2 is 1.92 bits per heavy atom. The van der Waals surface area contributed by atoms with Gasteiger partial charge in [-0.1, -0.05) is 18.6 Å². The van der Waals surface area contributed by atoms with E-state index < -0.39 is 55.6 Å². The number of amides is 2. The Morgan fingerprint density at radius 1 is 1.16 bits per heavy atom. The molecule has 6 rings (SSSR count). The van der Waals surface area contributed by atoms with Gasteiger partial charge in [-0.2, -0.15) is 15.1 Å². The van der Waals surface area contributed by atoms with Crippen molar-refractivity contribution in [1.82, 2.24) is 25.3 Å². The fourth-order valence-electron chi connectivity index (χ4n) is 7.73. The fraction of sp³-hybridized carbons (Fsp3) is 0.512. The molecule has 4 heterocycles. The molecule has 0 saturated carbocycles. The number of nitrogens with one attached hydrogen (secondary N) is 2. The van der Waals surface area contributed by atoms with Gasteiger partial charge in [0.15, 0.2) is 11.6 Å². The molecular weight excluding hydrogens is 827 g/mol. The molecule has 0 radical (unpaired) electrons. The van der Waals surface area contributed by atoms with Crippen LogP contribution in [0, 0.1) is 18.2 Å². The number of hydrogen-bond acceptors (Lipinski definition) is 13. The first-order chi connectivity index (χ1) is 29.3. The average Bonchev–Trinajstić information content (AvgIpc) is 3.31. The van der Waals surface area contributed by atoms with Crippen molar-refractivity contribution >= 4 is 48.0 Å². The van der Waals surface area contributed by atoms with Crippen LogP contribution < -0.4 is 34.2 Å². The number of hydrogen-bond donors (Lipinski definition) is 2. The fourth-order valence-corrected chi connectivity index (χ4v) is 9.40. The number of likely N-dealkylation sites (tertiary alicyclic amines) is 1. The summed E-state index contributed by atoms with van der Waals surface area (Å²) in [6.07, 6.45) is 6.46. The summed E-state index contributed by atoms with van der Waals surface area (Å²) < 4.78 is 73.7. The van der Waals surface area contributed by atoms with Gasteiger partial charge in [0.2, 0.25) is 5.91 Å². The van der Waals surface area contributed by atoms with Gasteiger partial charge in [-0.25, -0.2) is 18.1 Å². The predicted molar refractivity (Wildman–Crippen MR) is 229 cm³/mol. The van der Waals surface area contributed by atoms with Crippen LogP contribution in [0.4, 0.5) is 25.1 Å². The number of carbonyl (C=O) groups excluding carboxylic acids is 3. The summed E-state index contributed by atoms with van der Waals surface area (Å²) in [5.41, 5.74) is -0.616. The van der Waals surface area contributed by atoms with Crippen LogP contribution in [0.1, 0.15) is 78.5 Å². The van der Waals surface area contributed by atoms with E-state index in [0.717, 1.165) is 18.9 Å². The van der Waals surface area contributed by atoms with Crippen LogP contribution in [0.5, 0.6) is 17.5 Å². The van der Waals surface area contributed by atoms with Gasteiger partial charge < -0.3 is 29.0 Å². The molecule has 0 bridgehead atoms. The molecule has 0 aliphatic carbocycles. The largest absolute Gasteiger partial charge is 0.462 e. The van der Waals surface area contributed by atoms with Crippen LogP contribution in [0.3, 0.4) is 0 Å². The number of rotatable bonds is 15. The number of esters is 1. The number of aromatic nitrogens is 2. The minimum absolute atomic E-state index is 0.0163. The van der Waals surface area contributed by atoms with E-state index in [1.807, 2.05) is 23.8 Å². The number of anilines is 2. The first-order valence-electron chi connectivity index (χ1n) is 20.6. The van der Waals surface area contributed by atoms with Crippen LogP contribution >= 0.6 is 7.75 Å². The van der Waals surface area contributed by atoms with Crippen LogP contribution in [0.2, 0.25) is 0 Å². The third-order valence-electron chi connectivity index (χ3n) is 10.8. The summed E-state index contributed by atoms with van der Waals surface area (Å²) in [6, 6.07) is 3.89. The van der Waals surface area contributed by atoms with Gasteiger partial charge in [-0.3, -0.25) is 23.9 Å². The van der Waals surface area contributed by atoms with Gasteiger partial charge in [0.05, 0.1) is 35.5 Å². The third kappa shape index (κ3) is 10.5. The van der Waals surface area contributed by atoms with Crippen molar-refractivity contribution in [2.24, 2.45) is 0 Å². The number of nitrogens with zero attached hydrogens (tertiary/aromatic N) is 5. The Morgan fingerprint density at radius 3 is 2.58 bits per heavy atom. The highest BCUT2D eigenvalue weighted by Crippen LogP contribution is 2.49. The lowest BCUT2D eigenvalue weighted by Crippen LogP contribution is -2.44. The van der Waals surface area contributed by atoms with Crippen LogP contribution in [-0.2, 0) is 30.0 Å². The van der Waals surface area contributed by atoms with Crippen molar-refractivity contribution in [2.75, 3.05) is 43.1 Å². The molecule has 1 aromatic heterocycles. The number of terminal acetylenes is 1. The minimum atomic E-state index is -4.37. The number of fused-ring (bicyclic) bond motifs is 2. The van der Waals surface area contributed by atoms with Gasteiger partial charge in [-0.15, -0.1) is 6.42 Å². The second-order valence-corrected chi connectivity index (χ2v) is 18.2. The number of ether oxygens (including phenoxy) is 3. The van der Waals surface area contributed by atoms with E-state index in [2.05, 4.69) is 22.9 Å². The Balaban J connectivity index is 1.44. The molecule has 2 N–H and O–H groups in total. The standard InChI is InChI=1S/C43H54F2N7O9P/c1-10-32-33(45)16-15-28-18-31(61-62(56,60-26(5)6)49-27(7)40(54)58-25(3)4)19-35(37(28)32)52-23-34-38(59-42(52)55)39(51-17-13-12-14-30(22-51)46-36(53)11-2)48-41(47-34)57-24-43(8)20-29(44)21-50(43)9/h1,11,15-16,18-19,25-27,29-30H,2,12-14,17,20-24H2,3-9H3,(H,46,53)(H,49,56)/t27-,29+,30?,43-,62?/m0/s1. The molecule has 3 aliphatic rings. The number of alkyl halides is 1. The minimum Gasteiger partial charge on any atom is -0.462 e. The maximum Gasteiger partial charge on any atom is 0.459 e. The molecule has 2 aromatic carbocycles. The van der Waals surface area contributed by atoms with Gasteiger partial charge in [0, 0.05) is 43.5 Å². The van der Waals surface area contributed by atoms with E-state index in [-0.39, 0.29) is 83.7 Å². The van der Waals surface area contributed by atoms with E-state index in [4.69, 9.17) is 39.6 Å². The maximum absolute atomic E-state index is 15.5. The quantitative estimate of drug-likeness (QED) is 0.0725. The Labute approximate surface area is 360 Å². The average molecular weight is 882 g/mol. The summed E-state index contributed by atoms with van der Waals surface area (Å²) >= 11 is 0. The van der Waals surface area contributed by atoms with E-state index in [9.17, 15) is 23.3 Å². The Hall–Kier alpha value is -5.34. The van der Waals surface area contributed by atoms with Gasteiger partial charge in [0.1, 0.15) is 36.1 Å². The molecule has 2 saturated heterocycles. The van der Waals surface area contributed by atoms with E-state index >= 15 is 4.39 Å². The summed E-state index contributed by atoms with van der Waals surface area (Å²) in [5.74, 6) is 0.809. The van der Waals surface area contributed by atoms with Gasteiger partial charge in [-0.05, 0) is 91.4 Å². The zero-order valence-corrected chi connectivity index (χ0v) is 36.9. The molecular formula is C43H54F2N7O9P. The van der Waals surface area contributed by atoms with E-state index in [1.54, 1.807) is 27.7 Å². The van der Waals surface area contributed by atoms with E-state index in [1.165, 1.54) is 36.1 Å². The van der Waals surface area contributed by atoms with Crippen molar-refractivity contribution in [3.63, 3.8) is 0 Å². The molecule has 62 heavy (non-hydrogen) atoms. The molecule has 2 unspecified atom stereocenters. The maximum atomic E-state index is 15.5. The second kappa shape index (κ2) is 19.0. The number of carbonyl (C=O) groups is 3. The highest BCUT2D eigenvalue weighted by atomic mass is 31.2. The van der Waals surface area contributed by atoms with Gasteiger partial charge in [0.25, 0.3) is 0 Å². The monoisotopic (exact) mass is 881 g/mol. The molecule has 2 amide bonds.